The molecule has 6 nitrogen and oxygen atoms in total. The normalized spacial score (nSPS) is 23.3. The van der Waals surface area contributed by atoms with E-state index >= 15 is 0 Å². The largest absolute Gasteiger partial charge is 0.366 e. The molecule has 0 saturated carbocycles. The van der Waals surface area contributed by atoms with Crippen LogP contribution in [0.2, 0.25) is 0 Å². The maximum atomic E-state index is 12.9. The summed E-state index contributed by atoms with van der Waals surface area (Å²) in [6.45, 7) is 3.58. The van der Waals surface area contributed by atoms with E-state index < -0.39 is 0 Å². The Kier molecular flexibility index (Phi) is 4.53. The van der Waals surface area contributed by atoms with Crippen molar-refractivity contribution < 1.29 is 9.53 Å². The molecule has 0 radical (unpaired) electrons. The smallest absolute Gasteiger partial charge is 0.223 e. The summed E-state index contributed by atoms with van der Waals surface area (Å²) >= 11 is 0. The van der Waals surface area contributed by atoms with Crippen LogP contribution < -0.4 is 0 Å². The zero-order valence-electron chi connectivity index (χ0n) is 14.6. The fourth-order valence-electron chi connectivity index (χ4n) is 3.94. The van der Waals surface area contributed by atoms with E-state index in [0.29, 0.717) is 37.9 Å². The Bertz CT molecular complexity index is 757. The van der Waals surface area contributed by atoms with Crippen LogP contribution in [0.15, 0.2) is 24.3 Å². The van der Waals surface area contributed by atoms with Gasteiger partial charge in [0.25, 0.3) is 0 Å². The summed E-state index contributed by atoms with van der Waals surface area (Å²) in [6, 6.07) is 8.56. The standard InChI is InChI=1S/C19H24N4O2/c1-13-20-19(22-21-13)17-12-23(9-10-25-17)18(24)11-15-7-4-6-14-5-2-3-8-16(14)15/h2-3,5,8,15,17H,4,6-7,9-12H2,1H3,(H,20,21,22)/t15-,17-/m1/s1. The second-order valence-electron chi connectivity index (χ2n) is 6.97. The highest BCUT2D eigenvalue weighted by atomic mass is 16.5. The number of ether oxygens (including phenoxy) is 1. The van der Waals surface area contributed by atoms with Gasteiger partial charge in [-0.2, -0.15) is 5.10 Å². The van der Waals surface area contributed by atoms with Gasteiger partial charge in [-0.05, 0) is 43.2 Å². The topological polar surface area (TPSA) is 71.1 Å². The number of rotatable bonds is 3. The van der Waals surface area contributed by atoms with Crippen LogP contribution in [0.5, 0.6) is 0 Å². The first kappa shape index (κ1) is 16.3. The molecule has 2 heterocycles. The third-order valence-corrected chi connectivity index (χ3v) is 5.24. The van der Waals surface area contributed by atoms with Crippen molar-refractivity contribution >= 4 is 5.91 Å². The second kappa shape index (κ2) is 6.96. The molecule has 0 spiro atoms. The van der Waals surface area contributed by atoms with Gasteiger partial charge < -0.3 is 9.64 Å². The highest BCUT2D eigenvalue weighted by molar-refractivity contribution is 5.77. The average Bonchev–Trinajstić information content (AvgIpc) is 3.09. The Hall–Kier alpha value is -2.21. The van der Waals surface area contributed by atoms with Gasteiger partial charge in [0.2, 0.25) is 5.91 Å². The minimum atomic E-state index is -0.235. The van der Waals surface area contributed by atoms with E-state index in [4.69, 9.17) is 4.74 Å². The lowest BCUT2D eigenvalue weighted by molar-refractivity contribution is -0.139. The van der Waals surface area contributed by atoms with Crippen molar-refractivity contribution in [2.45, 2.75) is 44.6 Å². The molecular formula is C19H24N4O2. The Morgan fingerprint density at radius 1 is 1.40 bits per heavy atom. The van der Waals surface area contributed by atoms with E-state index in [2.05, 4.69) is 39.4 Å². The van der Waals surface area contributed by atoms with Gasteiger partial charge in [0.05, 0.1) is 13.2 Å². The Labute approximate surface area is 147 Å². The number of nitrogens with zero attached hydrogens (tertiary/aromatic N) is 3. The summed E-state index contributed by atoms with van der Waals surface area (Å²) in [6.07, 6.45) is 3.73. The van der Waals surface area contributed by atoms with Crippen molar-refractivity contribution in [2.24, 2.45) is 0 Å². The minimum absolute atomic E-state index is 0.210. The summed E-state index contributed by atoms with van der Waals surface area (Å²) in [5, 5.41) is 7.02. The van der Waals surface area contributed by atoms with Gasteiger partial charge in [-0.1, -0.05) is 24.3 Å². The number of amides is 1. The van der Waals surface area contributed by atoms with E-state index in [-0.39, 0.29) is 12.0 Å². The Morgan fingerprint density at radius 3 is 3.12 bits per heavy atom. The summed E-state index contributed by atoms with van der Waals surface area (Å²) in [4.78, 5) is 19.1. The number of carbonyl (C=O) groups is 1. The molecule has 0 bridgehead atoms. The molecule has 1 N–H and O–H groups in total. The number of aromatic nitrogens is 3. The van der Waals surface area contributed by atoms with Crippen LogP contribution in [0.25, 0.3) is 0 Å². The second-order valence-corrected chi connectivity index (χ2v) is 6.97. The summed E-state index contributed by atoms with van der Waals surface area (Å²) < 4.78 is 5.77. The molecule has 2 aliphatic rings. The quantitative estimate of drug-likeness (QED) is 0.932. The van der Waals surface area contributed by atoms with Gasteiger partial charge in [0.15, 0.2) is 5.82 Å². The monoisotopic (exact) mass is 340 g/mol. The molecule has 1 amide bonds. The molecule has 1 aromatic carbocycles. The lowest BCUT2D eigenvalue weighted by Crippen LogP contribution is -2.43. The van der Waals surface area contributed by atoms with E-state index in [1.165, 1.54) is 11.1 Å². The maximum Gasteiger partial charge on any atom is 0.223 e. The number of hydrogen-bond acceptors (Lipinski definition) is 4. The first-order valence-corrected chi connectivity index (χ1v) is 9.07. The van der Waals surface area contributed by atoms with Crippen molar-refractivity contribution in [3.05, 3.63) is 47.0 Å². The molecule has 2 aromatic rings. The number of morpholine rings is 1. The first-order chi connectivity index (χ1) is 12.2. The van der Waals surface area contributed by atoms with Gasteiger partial charge in [-0.3, -0.25) is 9.89 Å². The number of aryl methyl sites for hydroxylation is 2. The number of nitrogens with one attached hydrogen (secondary N) is 1. The van der Waals surface area contributed by atoms with Crippen LogP contribution in [0.3, 0.4) is 0 Å². The van der Waals surface area contributed by atoms with Crippen LogP contribution in [0.1, 0.15) is 54.1 Å². The fraction of sp³-hybridized carbons (Fsp3) is 0.526. The molecule has 0 unspecified atom stereocenters. The van der Waals surface area contributed by atoms with E-state index in [9.17, 15) is 4.79 Å². The van der Waals surface area contributed by atoms with E-state index in [1.54, 1.807) is 0 Å². The molecule has 1 aromatic heterocycles. The third-order valence-electron chi connectivity index (χ3n) is 5.24. The highest BCUT2D eigenvalue weighted by Crippen LogP contribution is 2.34. The molecule has 1 fully saturated rings. The molecule has 1 aliphatic heterocycles. The fourth-order valence-corrected chi connectivity index (χ4v) is 3.94. The average molecular weight is 340 g/mol. The molecule has 2 atom stereocenters. The number of carbonyl (C=O) groups excluding carboxylic acids is 1. The Morgan fingerprint density at radius 2 is 2.28 bits per heavy atom. The molecule has 4 rings (SSSR count). The predicted molar refractivity (Wildman–Crippen MR) is 93.1 cm³/mol. The van der Waals surface area contributed by atoms with E-state index in [0.717, 1.165) is 25.1 Å². The Balaban J connectivity index is 1.43. The van der Waals surface area contributed by atoms with Crippen LogP contribution in [0, 0.1) is 6.92 Å². The van der Waals surface area contributed by atoms with Gasteiger partial charge in [0, 0.05) is 13.0 Å². The van der Waals surface area contributed by atoms with Crippen LogP contribution in [0.4, 0.5) is 0 Å². The number of hydrogen-bond donors (Lipinski definition) is 1. The summed E-state index contributed by atoms with van der Waals surface area (Å²) in [5.41, 5.74) is 2.76. The molecule has 6 heteroatoms. The maximum absolute atomic E-state index is 12.9. The number of H-pyrrole nitrogens is 1. The third kappa shape index (κ3) is 3.44. The zero-order valence-corrected chi connectivity index (χ0v) is 14.6. The molecule has 25 heavy (non-hydrogen) atoms. The number of fused-ring (bicyclic) bond motifs is 1. The van der Waals surface area contributed by atoms with Crippen molar-refractivity contribution in [3.8, 4) is 0 Å². The molecular weight excluding hydrogens is 316 g/mol. The zero-order chi connectivity index (χ0) is 17.2. The molecule has 1 saturated heterocycles. The number of benzene rings is 1. The minimum Gasteiger partial charge on any atom is -0.366 e. The predicted octanol–water partition coefficient (Wildman–Crippen LogP) is 2.52. The SMILES string of the molecule is Cc1nc([C@H]2CN(C(=O)C[C@H]3CCCc4ccccc43)CCO2)n[nH]1. The lowest BCUT2D eigenvalue weighted by Gasteiger charge is -2.33. The van der Waals surface area contributed by atoms with Crippen LogP contribution in [-0.4, -0.2) is 45.7 Å². The van der Waals surface area contributed by atoms with Gasteiger partial charge >= 0.3 is 0 Å². The van der Waals surface area contributed by atoms with Crippen molar-refractivity contribution in [2.75, 3.05) is 19.7 Å². The summed E-state index contributed by atoms with van der Waals surface area (Å²) in [7, 11) is 0. The van der Waals surface area contributed by atoms with Crippen molar-refractivity contribution in [1.29, 1.82) is 0 Å². The van der Waals surface area contributed by atoms with Gasteiger partial charge in [-0.15, -0.1) is 0 Å². The van der Waals surface area contributed by atoms with Gasteiger partial charge in [-0.25, -0.2) is 4.98 Å². The lowest BCUT2D eigenvalue weighted by atomic mass is 9.81. The van der Waals surface area contributed by atoms with Crippen molar-refractivity contribution in [1.82, 2.24) is 20.1 Å². The van der Waals surface area contributed by atoms with Crippen LogP contribution in [-0.2, 0) is 16.0 Å². The highest BCUT2D eigenvalue weighted by Gasteiger charge is 2.30. The number of aromatic amines is 1. The summed E-state index contributed by atoms with van der Waals surface area (Å²) in [5.74, 6) is 1.95. The van der Waals surface area contributed by atoms with Crippen LogP contribution >= 0.6 is 0 Å². The van der Waals surface area contributed by atoms with Gasteiger partial charge in [0.1, 0.15) is 11.9 Å². The molecule has 132 valence electrons. The van der Waals surface area contributed by atoms with Crippen molar-refractivity contribution in [3.63, 3.8) is 0 Å². The van der Waals surface area contributed by atoms with E-state index in [1.807, 2.05) is 11.8 Å². The first-order valence-electron chi connectivity index (χ1n) is 9.07. The molecule has 1 aliphatic carbocycles.